The minimum Gasteiger partial charge on any atom is -0.462 e. The number of ether oxygens (including phenoxy) is 2. The van der Waals surface area contributed by atoms with E-state index in [1.165, 1.54) is 57.4 Å². The maximum absolute atomic E-state index is 12.8. The van der Waals surface area contributed by atoms with E-state index in [2.05, 4.69) is 29.8 Å². The van der Waals surface area contributed by atoms with Gasteiger partial charge in [-0.3, -0.25) is 23.2 Å². The van der Waals surface area contributed by atoms with E-state index in [9.17, 15) is 44.0 Å². The molecule has 1 saturated carbocycles. The Bertz CT molecular complexity index is 1290. The molecule has 1 aliphatic carbocycles. The molecule has 0 bridgehead atoms. The van der Waals surface area contributed by atoms with Crippen molar-refractivity contribution in [2.75, 3.05) is 26.4 Å². The number of esters is 2. The molecule has 7 N–H and O–H groups in total. The van der Waals surface area contributed by atoms with Crippen molar-refractivity contribution in [1.29, 1.82) is 0 Å². The molecule has 0 aromatic carbocycles. The van der Waals surface area contributed by atoms with Crippen molar-refractivity contribution in [3.8, 4) is 0 Å². The summed E-state index contributed by atoms with van der Waals surface area (Å²) in [4.78, 5) is 53.0. The molecule has 1 rings (SSSR count). The molecule has 0 saturated heterocycles. The van der Waals surface area contributed by atoms with Gasteiger partial charge in [-0.05, 0) is 31.1 Å². The van der Waals surface area contributed by atoms with Crippen molar-refractivity contribution in [2.45, 2.75) is 186 Å². The van der Waals surface area contributed by atoms with Crippen molar-refractivity contribution in [3.63, 3.8) is 0 Å². The van der Waals surface area contributed by atoms with Crippen LogP contribution in [0.1, 0.15) is 156 Å². The predicted octanol–water partition coefficient (Wildman–Crippen LogP) is 7.35. The molecule has 0 aliphatic heterocycles. The lowest BCUT2D eigenvalue weighted by Crippen LogP contribution is -2.29. The van der Waals surface area contributed by atoms with Gasteiger partial charge in [-0.25, -0.2) is 9.13 Å². The number of carbonyl (C=O) groups excluding carboxylic acids is 2. The highest BCUT2D eigenvalue weighted by Crippen LogP contribution is 2.44. The second-order valence-electron chi connectivity index (χ2n) is 16.4. The van der Waals surface area contributed by atoms with E-state index >= 15 is 0 Å². The fourth-order valence-corrected chi connectivity index (χ4v) is 8.08. The van der Waals surface area contributed by atoms with E-state index in [4.69, 9.17) is 23.8 Å². The largest absolute Gasteiger partial charge is 0.472 e. The van der Waals surface area contributed by atoms with Gasteiger partial charge in [0.1, 0.15) is 12.7 Å². The zero-order chi connectivity index (χ0) is 44.8. The lowest BCUT2D eigenvalue weighted by Gasteiger charge is -2.20. The van der Waals surface area contributed by atoms with Gasteiger partial charge in [0.2, 0.25) is 0 Å². The van der Waals surface area contributed by atoms with Crippen LogP contribution in [-0.2, 0) is 41.8 Å². The van der Waals surface area contributed by atoms with Gasteiger partial charge < -0.3 is 44.6 Å². The van der Waals surface area contributed by atoms with Crippen LogP contribution < -0.4 is 0 Å². The summed E-state index contributed by atoms with van der Waals surface area (Å²) in [5.41, 5.74) is 0. The Balaban J connectivity index is 2.62. The quantitative estimate of drug-likeness (QED) is 0.0139. The standard InChI is InChI=1S/C42H78O16P2/c1-4-5-16-22-34(43)26-27-38-37(39(45)28-40(38)46)23-19-20-25-42(48)58-36(32-57-60(52,53)56-30-35(44)29-55-59(49,50)51)31-54-41(47)24-18-15-13-11-9-7-6-8-10-12-14-17-21-33(2)3/h19-20,26-27,33-40,43-46H,4-18,21-25,28-32H2,1-3H3,(H,52,53)(H2,49,50,51)/b20-19-,27-26+/t34-,35+,36-,37+,38-,39+,40-/m1/s1. The van der Waals surface area contributed by atoms with Gasteiger partial charge in [-0.1, -0.05) is 141 Å². The molecule has 8 atom stereocenters. The molecule has 1 unspecified atom stereocenters. The highest BCUT2D eigenvalue weighted by Gasteiger charge is 2.39. The van der Waals surface area contributed by atoms with Crippen molar-refractivity contribution in [2.24, 2.45) is 17.8 Å². The van der Waals surface area contributed by atoms with E-state index in [-0.39, 0.29) is 25.2 Å². The van der Waals surface area contributed by atoms with Crippen LogP contribution in [0.4, 0.5) is 0 Å². The number of hydrogen-bond acceptors (Lipinski definition) is 13. The molecule has 0 amide bonds. The molecule has 0 spiro atoms. The minimum absolute atomic E-state index is 0.132. The van der Waals surface area contributed by atoms with Crippen LogP contribution in [0.2, 0.25) is 0 Å². The summed E-state index contributed by atoms with van der Waals surface area (Å²) in [5, 5.41) is 41.2. The lowest BCUT2D eigenvalue weighted by molar-refractivity contribution is -0.160. The Morgan fingerprint density at radius 3 is 1.87 bits per heavy atom. The normalized spacial score (nSPS) is 21.1. The number of carbonyl (C=O) groups is 2. The summed E-state index contributed by atoms with van der Waals surface area (Å²) in [7, 11) is -9.80. The van der Waals surface area contributed by atoms with Crippen LogP contribution in [0.15, 0.2) is 24.3 Å². The number of phosphoric acid groups is 2. The maximum atomic E-state index is 12.8. The Morgan fingerprint density at radius 1 is 0.700 bits per heavy atom. The summed E-state index contributed by atoms with van der Waals surface area (Å²) in [6.45, 7) is 3.59. The van der Waals surface area contributed by atoms with E-state index in [1.807, 2.05) is 0 Å². The molecular formula is C42H78O16P2. The van der Waals surface area contributed by atoms with E-state index in [0.29, 0.717) is 19.3 Å². The smallest absolute Gasteiger partial charge is 0.462 e. The van der Waals surface area contributed by atoms with Crippen LogP contribution in [0.5, 0.6) is 0 Å². The maximum Gasteiger partial charge on any atom is 0.472 e. The molecule has 1 fully saturated rings. The molecule has 60 heavy (non-hydrogen) atoms. The van der Waals surface area contributed by atoms with Gasteiger partial charge in [0.25, 0.3) is 0 Å². The number of aliphatic hydroxyl groups excluding tert-OH is 4. The average molecular weight is 901 g/mol. The van der Waals surface area contributed by atoms with Crippen LogP contribution in [0, 0.1) is 17.8 Å². The zero-order valence-corrected chi connectivity index (χ0v) is 38.1. The Labute approximate surface area is 358 Å². The number of allylic oxidation sites excluding steroid dienone is 1. The van der Waals surface area contributed by atoms with Crippen molar-refractivity contribution >= 4 is 27.6 Å². The molecule has 0 radical (unpaired) electrons. The first-order valence-electron chi connectivity index (χ1n) is 22.1. The third-order valence-corrected chi connectivity index (χ3v) is 11.8. The summed E-state index contributed by atoms with van der Waals surface area (Å²) >= 11 is 0. The highest BCUT2D eigenvalue weighted by atomic mass is 31.2. The number of aliphatic hydroxyl groups is 4. The van der Waals surface area contributed by atoms with E-state index in [1.54, 1.807) is 18.2 Å². The SMILES string of the molecule is CCCCC[C@@H](O)/C=C/[C@@H]1[C@H](C/C=C\CC(=O)O[C@H](COC(=O)CCCCCCCCCCCCCCC(C)C)COP(=O)(O)OC[C@@H](O)COP(=O)(O)O)[C@@H](O)C[C@H]1O. The minimum atomic E-state index is -4.90. The van der Waals surface area contributed by atoms with E-state index in [0.717, 1.165) is 50.9 Å². The Kier molecular flexibility index (Phi) is 31.1. The molecule has 0 aromatic rings. The summed E-state index contributed by atoms with van der Waals surface area (Å²) in [5.74, 6) is -1.29. The highest BCUT2D eigenvalue weighted by molar-refractivity contribution is 7.47. The second-order valence-corrected chi connectivity index (χ2v) is 19.1. The molecular weight excluding hydrogens is 822 g/mol. The van der Waals surface area contributed by atoms with Gasteiger partial charge >= 0.3 is 27.6 Å². The lowest BCUT2D eigenvalue weighted by atomic mass is 9.89. The first-order valence-corrected chi connectivity index (χ1v) is 25.2. The monoisotopic (exact) mass is 900 g/mol. The van der Waals surface area contributed by atoms with Crippen LogP contribution in [-0.4, -0.2) is 104 Å². The summed E-state index contributed by atoms with van der Waals surface area (Å²) in [6, 6.07) is 0. The Hall–Kier alpha value is -1.52. The van der Waals surface area contributed by atoms with Gasteiger partial charge in [0.05, 0.1) is 44.6 Å². The summed E-state index contributed by atoms with van der Waals surface area (Å²) < 4.78 is 47.7. The van der Waals surface area contributed by atoms with Gasteiger partial charge in [-0.15, -0.1) is 0 Å². The fraction of sp³-hybridized carbons (Fsp3) is 0.857. The predicted molar refractivity (Wildman–Crippen MR) is 227 cm³/mol. The number of rotatable bonds is 37. The molecule has 0 aromatic heterocycles. The Morgan fingerprint density at radius 2 is 1.27 bits per heavy atom. The molecule has 0 heterocycles. The van der Waals surface area contributed by atoms with Crippen molar-refractivity contribution < 1.29 is 76.9 Å². The van der Waals surface area contributed by atoms with Crippen LogP contribution >= 0.6 is 15.6 Å². The van der Waals surface area contributed by atoms with Crippen LogP contribution in [0.25, 0.3) is 0 Å². The first kappa shape index (κ1) is 56.5. The third-order valence-electron chi connectivity index (χ3n) is 10.4. The van der Waals surface area contributed by atoms with Crippen LogP contribution in [0.3, 0.4) is 0 Å². The van der Waals surface area contributed by atoms with Gasteiger partial charge in [0.15, 0.2) is 6.10 Å². The number of unbranched alkanes of at least 4 members (excludes halogenated alkanes) is 13. The van der Waals surface area contributed by atoms with E-state index < -0.39 is 90.4 Å². The van der Waals surface area contributed by atoms with Crippen molar-refractivity contribution in [3.05, 3.63) is 24.3 Å². The fourth-order valence-electron chi connectivity index (χ4n) is 6.92. The topological polar surface area (TPSA) is 256 Å². The zero-order valence-electron chi connectivity index (χ0n) is 36.3. The second kappa shape index (κ2) is 33.1. The molecule has 352 valence electrons. The molecule has 18 heteroatoms. The average Bonchev–Trinajstić information content (AvgIpc) is 3.45. The third kappa shape index (κ3) is 30.5. The number of phosphoric ester groups is 2. The van der Waals surface area contributed by atoms with Gasteiger partial charge in [-0.2, -0.15) is 0 Å². The first-order chi connectivity index (χ1) is 28.4. The van der Waals surface area contributed by atoms with Crippen molar-refractivity contribution in [1.82, 2.24) is 0 Å². The number of hydrogen-bond donors (Lipinski definition) is 7. The van der Waals surface area contributed by atoms with Gasteiger partial charge in [0, 0.05) is 18.8 Å². The molecule has 1 aliphatic rings. The molecule has 16 nitrogen and oxygen atoms in total. The summed E-state index contributed by atoms with van der Waals surface area (Å²) in [6.07, 6.45) is 20.3.